The second-order valence-electron chi connectivity index (χ2n) is 9.49. The largest absolute Gasteiger partial charge is 0.345 e. The van der Waals surface area contributed by atoms with Crippen molar-refractivity contribution < 1.29 is 14.4 Å². The zero-order valence-corrected chi connectivity index (χ0v) is 20.7. The van der Waals surface area contributed by atoms with Crippen molar-refractivity contribution in [1.82, 2.24) is 15.5 Å². The zero-order chi connectivity index (χ0) is 24.5. The molecule has 2 unspecified atom stereocenters. The monoisotopic (exact) mass is 487 g/mol. The second kappa shape index (κ2) is 9.66. The van der Waals surface area contributed by atoms with E-state index in [9.17, 15) is 14.4 Å². The lowest BCUT2D eigenvalue weighted by Crippen LogP contribution is -2.44. The average Bonchev–Trinajstić information content (AvgIpc) is 3.46. The Morgan fingerprint density at radius 1 is 1.00 bits per heavy atom. The molecule has 1 fully saturated rings. The smallest absolute Gasteiger partial charge is 0.255 e. The SMILES string of the molecule is CC(C)c1ccc(C(NC(=O)CNC(=O)C2c3ccccc3C(=O)N2C2CC2)c2cccs2)cc1. The molecule has 2 heterocycles. The number of nitrogens with one attached hydrogen (secondary N) is 2. The lowest BCUT2D eigenvalue weighted by atomic mass is 9.98. The molecule has 5 rings (SSSR count). The third kappa shape index (κ3) is 4.73. The second-order valence-corrected chi connectivity index (χ2v) is 10.5. The highest BCUT2D eigenvalue weighted by Crippen LogP contribution is 2.41. The summed E-state index contributed by atoms with van der Waals surface area (Å²) in [4.78, 5) is 41.8. The highest BCUT2D eigenvalue weighted by Gasteiger charge is 2.47. The van der Waals surface area contributed by atoms with Crippen LogP contribution in [0.4, 0.5) is 0 Å². The third-order valence-electron chi connectivity index (χ3n) is 6.68. The minimum absolute atomic E-state index is 0.0940. The van der Waals surface area contributed by atoms with Crippen molar-refractivity contribution in [2.75, 3.05) is 6.54 Å². The highest BCUT2D eigenvalue weighted by molar-refractivity contribution is 7.10. The number of carbonyl (C=O) groups excluding carboxylic acids is 3. The van der Waals surface area contributed by atoms with E-state index in [1.165, 1.54) is 5.56 Å². The van der Waals surface area contributed by atoms with Crippen molar-refractivity contribution in [3.8, 4) is 0 Å². The molecule has 3 amide bonds. The van der Waals surface area contributed by atoms with Gasteiger partial charge >= 0.3 is 0 Å². The molecule has 7 heteroatoms. The van der Waals surface area contributed by atoms with E-state index in [1.54, 1.807) is 22.3 Å². The van der Waals surface area contributed by atoms with Gasteiger partial charge in [0.15, 0.2) is 0 Å². The van der Waals surface area contributed by atoms with E-state index in [4.69, 9.17) is 0 Å². The van der Waals surface area contributed by atoms with Crippen molar-refractivity contribution in [2.45, 2.75) is 50.7 Å². The molecule has 2 N–H and O–H groups in total. The van der Waals surface area contributed by atoms with E-state index < -0.39 is 6.04 Å². The Morgan fingerprint density at radius 3 is 2.37 bits per heavy atom. The third-order valence-corrected chi connectivity index (χ3v) is 7.62. The highest BCUT2D eigenvalue weighted by atomic mass is 32.1. The lowest BCUT2D eigenvalue weighted by molar-refractivity contribution is -0.129. The molecule has 0 radical (unpaired) electrons. The zero-order valence-electron chi connectivity index (χ0n) is 19.9. The van der Waals surface area contributed by atoms with E-state index in [-0.39, 0.29) is 36.3 Å². The Morgan fingerprint density at radius 2 is 1.71 bits per heavy atom. The predicted octanol–water partition coefficient (Wildman–Crippen LogP) is 4.55. The van der Waals surface area contributed by atoms with Gasteiger partial charge in [-0.25, -0.2) is 0 Å². The molecule has 1 aliphatic heterocycles. The number of rotatable bonds is 8. The van der Waals surface area contributed by atoms with Gasteiger partial charge in [0.2, 0.25) is 11.8 Å². The number of hydrogen-bond donors (Lipinski definition) is 2. The first-order valence-corrected chi connectivity index (χ1v) is 12.9. The van der Waals surface area contributed by atoms with Crippen LogP contribution in [0.15, 0.2) is 66.0 Å². The summed E-state index contributed by atoms with van der Waals surface area (Å²) < 4.78 is 0. The van der Waals surface area contributed by atoms with E-state index in [2.05, 4.69) is 36.6 Å². The minimum Gasteiger partial charge on any atom is -0.345 e. The molecule has 2 aliphatic rings. The van der Waals surface area contributed by atoms with Crippen molar-refractivity contribution in [3.05, 3.63) is 93.2 Å². The molecule has 1 aromatic heterocycles. The molecule has 1 aliphatic carbocycles. The summed E-state index contributed by atoms with van der Waals surface area (Å²) in [5, 5.41) is 7.85. The number of amides is 3. The number of carbonyl (C=O) groups is 3. The molecule has 3 aromatic rings. The molecule has 6 nitrogen and oxygen atoms in total. The van der Waals surface area contributed by atoms with E-state index >= 15 is 0 Å². The molecule has 0 bridgehead atoms. The fourth-order valence-electron chi connectivity index (χ4n) is 4.66. The molecule has 1 saturated carbocycles. The average molecular weight is 488 g/mol. The first-order valence-electron chi connectivity index (χ1n) is 12.1. The number of hydrogen-bond acceptors (Lipinski definition) is 4. The topological polar surface area (TPSA) is 78.5 Å². The first-order chi connectivity index (χ1) is 16.9. The van der Waals surface area contributed by atoms with Gasteiger partial charge in [-0.1, -0.05) is 62.4 Å². The predicted molar refractivity (Wildman–Crippen MR) is 136 cm³/mol. The lowest BCUT2D eigenvalue weighted by Gasteiger charge is -2.24. The fourth-order valence-corrected chi connectivity index (χ4v) is 5.46. The van der Waals surface area contributed by atoms with Gasteiger partial charge < -0.3 is 15.5 Å². The van der Waals surface area contributed by atoms with Crippen LogP contribution in [0.2, 0.25) is 0 Å². The van der Waals surface area contributed by atoms with Crippen LogP contribution >= 0.6 is 11.3 Å². The Kier molecular flexibility index (Phi) is 6.43. The number of thiophene rings is 1. The van der Waals surface area contributed by atoms with Crippen molar-refractivity contribution in [2.24, 2.45) is 0 Å². The molecule has 2 atom stereocenters. The van der Waals surface area contributed by atoms with Gasteiger partial charge in [0.25, 0.3) is 5.91 Å². The van der Waals surface area contributed by atoms with Gasteiger partial charge in [0.1, 0.15) is 6.04 Å². The van der Waals surface area contributed by atoms with Gasteiger partial charge in [0, 0.05) is 16.5 Å². The Hall–Kier alpha value is -3.45. The summed E-state index contributed by atoms with van der Waals surface area (Å²) in [6.07, 6.45) is 1.81. The van der Waals surface area contributed by atoms with Crippen LogP contribution in [0.1, 0.15) is 76.6 Å². The van der Waals surface area contributed by atoms with Crippen molar-refractivity contribution in [3.63, 3.8) is 0 Å². The van der Waals surface area contributed by atoms with Crippen LogP contribution in [0.5, 0.6) is 0 Å². The maximum Gasteiger partial charge on any atom is 0.255 e. The van der Waals surface area contributed by atoms with Crippen LogP contribution in [0.25, 0.3) is 0 Å². The number of nitrogens with zero attached hydrogens (tertiary/aromatic N) is 1. The number of fused-ring (bicyclic) bond motifs is 1. The van der Waals surface area contributed by atoms with E-state index in [1.807, 2.05) is 47.8 Å². The molecular weight excluding hydrogens is 458 g/mol. The van der Waals surface area contributed by atoms with E-state index in [0.29, 0.717) is 17.0 Å². The van der Waals surface area contributed by atoms with Crippen molar-refractivity contribution >= 4 is 29.1 Å². The fraction of sp³-hybridized carbons (Fsp3) is 0.321. The van der Waals surface area contributed by atoms with E-state index in [0.717, 1.165) is 23.3 Å². The molecule has 0 saturated heterocycles. The van der Waals surface area contributed by atoms with Gasteiger partial charge in [0.05, 0.1) is 12.6 Å². The maximum absolute atomic E-state index is 13.2. The summed E-state index contributed by atoms with van der Waals surface area (Å²) >= 11 is 1.58. The van der Waals surface area contributed by atoms with Crippen molar-refractivity contribution in [1.29, 1.82) is 0 Å². The van der Waals surface area contributed by atoms with Crippen LogP contribution in [-0.4, -0.2) is 35.2 Å². The van der Waals surface area contributed by atoms with Gasteiger partial charge in [-0.15, -0.1) is 11.3 Å². The number of benzene rings is 2. The standard InChI is InChI=1S/C28H29N3O3S/c1-17(2)18-9-11-19(12-10-18)25(23-8-5-15-35-23)30-24(32)16-29-27(33)26-21-6-3-4-7-22(21)28(34)31(26)20-13-14-20/h3-12,15,17,20,25-26H,13-14,16H2,1-2H3,(H,29,33)(H,30,32). The Balaban J connectivity index is 1.28. The van der Waals surface area contributed by atoms with Gasteiger partial charge in [-0.05, 0) is 53.0 Å². The maximum atomic E-state index is 13.2. The van der Waals surface area contributed by atoms with Gasteiger partial charge in [-0.3, -0.25) is 14.4 Å². The van der Waals surface area contributed by atoms with Crippen LogP contribution in [0, 0.1) is 0 Å². The summed E-state index contributed by atoms with van der Waals surface area (Å²) in [5.74, 6) is -0.272. The van der Waals surface area contributed by atoms with Crippen LogP contribution in [-0.2, 0) is 9.59 Å². The normalized spacial score (nSPS) is 17.9. The molecule has 2 aromatic carbocycles. The molecular formula is C28H29N3O3S. The van der Waals surface area contributed by atoms with Crippen LogP contribution in [0.3, 0.4) is 0 Å². The molecule has 180 valence electrons. The minimum atomic E-state index is -0.685. The van der Waals surface area contributed by atoms with Crippen LogP contribution < -0.4 is 10.6 Å². The summed E-state index contributed by atoms with van der Waals surface area (Å²) in [6.45, 7) is 4.14. The van der Waals surface area contributed by atoms with Gasteiger partial charge in [-0.2, -0.15) is 0 Å². The summed E-state index contributed by atoms with van der Waals surface area (Å²) in [5.41, 5.74) is 3.52. The Labute approximate surface area is 209 Å². The summed E-state index contributed by atoms with van der Waals surface area (Å²) in [6, 6.07) is 18.6. The quantitative estimate of drug-likeness (QED) is 0.489. The first kappa shape index (κ1) is 23.3. The summed E-state index contributed by atoms with van der Waals surface area (Å²) in [7, 11) is 0. The Bertz CT molecular complexity index is 1230. The molecule has 0 spiro atoms. The molecule has 35 heavy (non-hydrogen) atoms.